The average Bonchev–Trinajstić information content (AvgIpc) is 2.40. The highest BCUT2D eigenvalue weighted by Gasteiger charge is 2.31. The van der Waals surface area contributed by atoms with Crippen molar-refractivity contribution in [2.45, 2.75) is 66.3 Å². The molecule has 1 aromatic heterocycles. The predicted molar refractivity (Wildman–Crippen MR) is 90.4 cm³/mol. The molecule has 3 atom stereocenters. The maximum atomic E-state index is 4.70. The first-order chi connectivity index (χ1) is 10.0. The Labute approximate surface area is 130 Å². The molecule has 1 saturated carbocycles. The van der Waals surface area contributed by atoms with Gasteiger partial charge in [-0.05, 0) is 75.5 Å². The molecule has 1 aromatic rings. The summed E-state index contributed by atoms with van der Waals surface area (Å²) in [6, 6.07) is 4.94. The van der Waals surface area contributed by atoms with Gasteiger partial charge in [-0.3, -0.25) is 4.98 Å². The molecule has 1 aliphatic rings. The Hall–Kier alpha value is -0.890. The molecule has 0 aliphatic heterocycles. The van der Waals surface area contributed by atoms with Gasteiger partial charge in [-0.1, -0.05) is 26.8 Å². The quantitative estimate of drug-likeness (QED) is 0.841. The van der Waals surface area contributed by atoms with Crippen LogP contribution in [0.15, 0.2) is 12.1 Å². The fourth-order valence-electron chi connectivity index (χ4n) is 4.14. The molecule has 0 aromatic carbocycles. The van der Waals surface area contributed by atoms with Gasteiger partial charge in [0.15, 0.2) is 0 Å². The van der Waals surface area contributed by atoms with Crippen molar-refractivity contribution in [1.82, 2.24) is 10.3 Å². The van der Waals surface area contributed by atoms with Crippen molar-refractivity contribution >= 4 is 0 Å². The molecule has 21 heavy (non-hydrogen) atoms. The summed E-state index contributed by atoms with van der Waals surface area (Å²) in [5, 5.41) is 3.82. The lowest BCUT2D eigenvalue weighted by molar-refractivity contribution is 0.176. The Kier molecular flexibility index (Phi) is 5.80. The van der Waals surface area contributed by atoms with Gasteiger partial charge < -0.3 is 5.32 Å². The number of nitrogens with one attached hydrogen (secondary N) is 1. The lowest BCUT2D eigenvalue weighted by Gasteiger charge is -2.37. The normalized spacial score (nSPS) is 27.6. The Morgan fingerprint density at radius 2 is 1.81 bits per heavy atom. The average molecular weight is 288 g/mol. The molecule has 1 fully saturated rings. The molecule has 2 rings (SSSR count). The van der Waals surface area contributed by atoms with Gasteiger partial charge in [-0.2, -0.15) is 0 Å². The van der Waals surface area contributed by atoms with Crippen molar-refractivity contribution < 1.29 is 0 Å². The second kappa shape index (κ2) is 7.40. The Morgan fingerprint density at radius 1 is 1.14 bits per heavy atom. The third-order valence-corrected chi connectivity index (χ3v) is 4.90. The van der Waals surface area contributed by atoms with E-state index in [4.69, 9.17) is 4.98 Å². The van der Waals surface area contributed by atoms with Crippen molar-refractivity contribution in [3.8, 4) is 0 Å². The van der Waals surface area contributed by atoms with Gasteiger partial charge in [0.1, 0.15) is 0 Å². The third-order valence-electron chi connectivity index (χ3n) is 4.90. The SMILES string of the molecule is CCCNC(c1ccc(C)nc1C)C1CC(C)CC(C)C1. The van der Waals surface area contributed by atoms with E-state index in [-0.39, 0.29) is 0 Å². The van der Waals surface area contributed by atoms with Crippen molar-refractivity contribution in [2.24, 2.45) is 17.8 Å². The Balaban J connectivity index is 2.24. The molecule has 1 heterocycles. The molecule has 2 nitrogen and oxygen atoms in total. The van der Waals surface area contributed by atoms with E-state index in [9.17, 15) is 0 Å². The number of pyridine rings is 1. The Morgan fingerprint density at radius 3 is 2.38 bits per heavy atom. The molecular formula is C19H32N2. The molecule has 0 spiro atoms. The highest BCUT2D eigenvalue weighted by Crippen LogP contribution is 2.40. The molecule has 2 heteroatoms. The van der Waals surface area contributed by atoms with Crippen molar-refractivity contribution in [3.05, 3.63) is 29.1 Å². The van der Waals surface area contributed by atoms with Gasteiger partial charge in [0.05, 0.1) is 0 Å². The van der Waals surface area contributed by atoms with Crippen LogP contribution in [-0.4, -0.2) is 11.5 Å². The van der Waals surface area contributed by atoms with Crippen LogP contribution in [0.25, 0.3) is 0 Å². The number of hydrogen-bond acceptors (Lipinski definition) is 2. The van der Waals surface area contributed by atoms with Crippen LogP contribution in [0.5, 0.6) is 0 Å². The number of rotatable bonds is 5. The predicted octanol–water partition coefficient (Wildman–Crippen LogP) is 4.81. The van der Waals surface area contributed by atoms with E-state index in [1.807, 2.05) is 0 Å². The minimum absolute atomic E-state index is 0.475. The van der Waals surface area contributed by atoms with Crippen LogP contribution in [0.4, 0.5) is 0 Å². The number of aryl methyl sites for hydroxylation is 2. The first-order valence-electron chi connectivity index (χ1n) is 8.68. The molecule has 0 radical (unpaired) electrons. The zero-order valence-electron chi connectivity index (χ0n) is 14.4. The van der Waals surface area contributed by atoms with E-state index in [2.05, 4.69) is 52.1 Å². The van der Waals surface area contributed by atoms with Crippen molar-refractivity contribution in [3.63, 3.8) is 0 Å². The second-order valence-corrected chi connectivity index (χ2v) is 7.24. The topological polar surface area (TPSA) is 24.9 Å². The lowest BCUT2D eigenvalue weighted by atomic mass is 9.72. The lowest BCUT2D eigenvalue weighted by Crippen LogP contribution is -2.34. The number of aromatic nitrogens is 1. The first-order valence-corrected chi connectivity index (χ1v) is 8.68. The van der Waals surface area contributed by atoms with Crippen LogP contribution in [0, 0.1) is 31.6 Å². The highest BCUT2D eigenvalue weighted by atomic mass is 14.9. The van der Waals surface area contributed by atoms with Gasteiger partial charge in [-0.15, -0.1) is 0 Å². The maximum Gasteiger partial charge on any atom is 0.0423 e. The molecule has 3 unspecified atom stereocenters. The van der Waals surface area contributed by atoms with Crippen molar-refractivity contribution in [2.75, 3.05) is 6.54 Å². The summed E-state index contributed by atoms with van der Waals surface area (Å²) in [7, 11) is 0. The molecule has 0 saturated heterocycles. The van der Waals surface area contributed by atoms with Gasteiger partial charge in [0.25, 0.3) is 0 Å². The van der Waals surface area contributed by atoms with Gasteiger partial charge in [0, 0.05) is 17.4 Å². The largest absolute Gasteiger partial charge is 0.310 e. The minimum atomic E-state index is 0.475. The molecular weight excluding hydrogens is 256 g/mol. The van der Waals surface area contributed by atoms with E-state index >= 15 is 0 Å². The van der Waals surface area contributed by atoms with Crippen LogP contribution in [0.2, 0.25) is 0 Å². The summed E-state index contributed by atoms with van der Waals surface area (Å²) in [4.78, 5) is 4.70. The minimum Gasteiger partial charge on any atom is -0.310 e. The van der Waals surface area contributed by atoms with Gasteiger partial charge >= 0.3 is 0 Å². The van der Waals surface area contributed by atoms with Crippen LogP contribution < -0.4 is 5.32 Å². The third kappa shape index (κ3) is 4.29. The van der Waals surface area contributed by atoms with Gasteiger partial charge in [0.2, 0.25) is 0 Å². The van der Waals surface area contributed by atoms with Crippen LogP contribution in [0.1, 0.15) is 69.4 Å². The molecule has 118 valence electrons. The summed E-state index contributed by atoms with van der Waals surface area (Å²) < 4.78 is 0. The summed E-state index contributed by atoms with van der Waals surface area (Å²) >= 11 is 0. The zero-order valence-corrected chi connectivity index (χ0v) is 14.4. The maximum absolute atomic E-state index is 4.70. The second-order valence-electron chi connectivity index (χ2n) is 7.24. The number of hydrogen-bond donors (Lipinski definition) is 1. The van der Waals surface area contributed by atoms with Crippen LogP contribution in [-0.2, 0) is 0 Å². The zero-order chi connectivity index (χ0) is 15.4. The smallest absolute Gasteiger partial charge is 0.0423 e. The fourth-order valence-corrected chi connectivity index (χ4v) is 4.14. The molecule has 1 aliphatic carbocycles. The van der Waals surface area contributed by atoms with E-state index < -0.39 is 0 Å². The van der Waals surface area contributed by atoms with E-state index in [0.717, 1.165) is 30.0 Å². The van der Waals surface area contributed by atoms with Crippen LogP contribution in [0.3, 0.4) is 0 Å². The van der Waals surface area contributed by atoms with Crippen molar-refractivity contribution in [1.29, 1.82) is 0 Å². The standard InChI is InChI=1S/C19H32N2/c1-6-9-20-19(17-11-13(2)10-14(3)12-17)18-8-7-15(4)21-16(18)5/h7-8,13-14,17,19-20H,6,9-12H2,1-5H3. The summed E-state index contributed by atoms with van der Waals surface area (Å²) in [5.41, 5.74) is 3.74. The first kappa shape index (κ1) is 16.5. The van der Waals surface area contributed by atoms with Crippen LogP contribution >= 0.6 is 0 Å². The summed E-state index contributed by atoms with van der Waals surface area (Å²) in [5.74, 6) is 2.45. The van der Waals surface area contributed by atoms with E-state index in [0.29, 0.717) is 6.04 Å². The van der Waals surface area contributed by atoms with E-state index in [1.165, 1.54) is 36.9 Å². The summed E-state index contributed by atoms with van der Waals surface area (Å²) in [6.45, 7) is 12.4. The fraction of sp³-hybridized carbons (Fsp3) is 0.737. The Bertz CT molecular complexity index is 445. The number of nitrogens with zero attached hydrogens (tertiary/aromatic N) is 1. The molecule has 1 N–H and O–H groups in total. The monoisotopic (exact) mass is 288 g/mol. The van der Waals surface area contributed by atoms with E-state index in [1.54, 1.807) is 0 Å². The molecule has 0 bridgehead atoms. The molecule has 0 amide bonds. The summed E-state index contributed by atoms with van der Waals surface area (Å²) in [6.07, 6.45) is 5.27. The van der Waals surface area contributed by atoms with Gasteiger partial charge in [-0.25, -0.2) is 0 Å². The highest BCUT2D eigenvalue weighted by molar-refractivity contribution is 5.26.